The number of nitrogens with one attached hydrogen (secondary N) is 2. The van der Waals surface area contributed by atoms with Gasteiger partial charge in [0.15, 0.2) is 0 Å². The molecule has 0 heterocycles. The van der Waals surface area contributed by atoms with Crippen molar-refractivity contribution in [3.63, 3.8) is 0 Å². The zero-order valence-electron chi connectivity index (χ0n) is 17.7. The Labute approximate surface area is 180 Å². The molecule has 0 aliphatic heterocycles. The topological polar surface area (TPSA) is 174 Å². The molecule has 0 unspecified atom stereocenters. The van der Waals surface area contributed by atoms with E-state index in [0.717, 1.165) is 0 Å². The number of alkyl carbamates (subject to hydrolysis) is 1. The molecular formula is C21H29N3O7. The third-order valence-electron chi connectivity index (χ3n) is 3.58. The van der Waals surface area contributed by atoms with Crippen molar-refractivity contribution in [2.75, 3.05) is 17.6 Å². The number of hydrogen-bond acceptors (Lipinski definition) is 8. The van der Waals surface area contributed by atoms with Crippen LogP contribution < -0.4 is 16.4 Å². The van der Waals surface area contributed by atoms with Crippen LogP contribution in [0.25, 0.3) is 0 Å². The van der Waals surface area contributed by atoms with Gasteiger partial charge in [0.05, 0.1) is 24.6 Å². The van der Waals surface area contributed by atoms with Crippen molar-refractivity contribution < 1.29 is 34.8 Å². The van der Waals surface area contributed by atoms with Gasteiger partial charge in [0, 0.05) is 0 Å². The fourth-order valence-corrected chi connectivity index (χ4v) is 2.15. The fourth-order valence-electron chi connectivity index (χ4n) is 2.15. The van der Waals surface area contributed by atoms with E-state index in [1.54, 1.807) is 26.8 Å². The first-order chi connectivity index (χ1) is 14.4. The first-order valence-corrected chi connectivity index (χ1v) is 9.33. The van der Waals surface area contributed by atoms with Crippen LogP contribution in [0.15, 0.2) is 36.4 Å². The Morgan fingerprint density at radius 2 is 1.52 bits per heavy atom. The third-order valence-corrected chi connectivity index (χ3v) is 3.58. The Kier molecular flexibility index (Phi) is 9.58. The minimum atomic E-state index is -0.703. The van der Waals surface area contributed by atoms with Crippen molar-refractivity contribution >= 4 is 23.4 Å². The standard InChI is InChI=1S/C14H20N2O5.C7H9NO2/c1-14(2,3)21-13(20)15-7-12(19)16-10-6-9(8-17)4-5-11(10)18;8-6-3-5(4-9)1-2-7(6)10/h4-6,17-18H,7-8H2,1-3H3,(H,15,20)(H,16,19);1-3,9-10H,4,8H2. The Balaban J connectivity index is 0.000000399. The SMILES string of the molecule is CC(C)(C)OC(=O)NCC(=O)Nc1cc(CO)ccc1O.Nc1cc(CO)ccc1O. The number of carbonyl (C=O) groups is 2. The number of hydrogen-bond donors (Lipinski definition) is 7. The highest BCUT2D eigenvalue weighted by Crippen LogP contribution is 2.24. The number of nitrogens with two attached hydrogens (primary N) is 1. The highest BCUT2D eigenvalue weighted by molar-refractivity contribution is 5.95. The Morgan fingerprint density at radius 3 is 2.03 bits per heavy atom. The summed E-state index contributed by atoms with van der Waals surface area (Å²) >= 11 is 0. The van der Waals surface area contributed by atoms with Gasteiger partial charge in [-0.05, 0) is 56.2 Å². The van der Waals surface area contributed by atoms with Crippen LogP contribution in [-0.2, 0) is 22.7 Å². The number of aromatic hydroxyl groups is 2. The lowest BCUT2D eigenvalue weighted by molar-refractivity contribution is -0.115. The molecule has 0 radical (unpaired) electrons. The molecule has 0 saturated carbocycles. The molecule has 0 bridgehead atoms. The summed E-state index contributed by atoms with van der Waals surface area (Å²) in [7, 11) is 0. The molecular weight excluding hydrogens is 406 g/mol. The monoisotopic (exact) mass is 435 g/mol. The zero-order valence-corrected chi connectivity index (χ0v) is 17.7. The number of ether oxygens (including phenoxy) is 1. The van der Waals surface area contributed by atoms with Crippen LogP contribution in [-0.4, -0.2) is 44.6 Å². The van der Waals surface area contributed by atoms with E-state index in [4.69, 9.17) is 25.8 Å². The van der Waals surface area contributed by atoms with E-state index < -0.39 is 17.6 Å². The fraction of sp³-hybridized carbons (Fsp3) is 0.333. The Morgan fingerprint density at radius 1 is 0.968 bits per heavy atom. The van der Waals surface area contributed by atoms with Crippen molar-refractivity contribution in [2.24, 2.45) is 0 Å². The molecule has 0 atom stereocenters. The van der Waals surface area contributed by atoms with Crippen molar-refractivity contribution in [3.05, 3.63) is 47.5 Å². The number of nitrogen functional groups attached to an aromatic ring is 1. The number of aliphatic hydroxyl groups is 2. The summed E-state index contributed by atoms with van der Waals surface area (Å²) in [6.07, 6.45) is -0.703. The number of aliphatic hydroxyl groups excluding tert-OH is 2. The predicted molar refractivity (Wildman–Crippen MR) is 115 cm³/mol. The van der Waals surface area contributed by atoms with E-state index in [9.17, 15) is 14.7 Å². The molecule has 0 saturated heterocycles. The number of phenolic OH excluding ortho intramolecular Hbond substituents is 2. The Hall–Kier alpha value is -3.50. The second kappa shape index (κ2) is 11.6. The maximum atomic E-state index is 11.7. The molecule has 10 heteroatoms. The van der Waals surface area contributed by atoms with Gasteiger partial charge in [0.25, 0.3) is 0 Å². The highest BCUT2D eigenvalue weighted by atomic mass is 16.6. The molecule has 0 aliphatic carbocycles. The molecule has 0 aromatic heterocycles. The molecule has 31 heavy (non-hydrogen) atoms. The van der Waals surface area contributed by atoms with E-state index in [1.165, 1.54) is 30.3 Å². The maximum Gasteiger partial charge on any atom is 0.408 e. The van der Waals surface area contributed by atoms with E-state index in [0.29, 0.717) is 16.8 Å². The van der Waals surface area contributed by atoms with Crippen molar-refractivity contribution in [1.29, 1.82) is 0 Å². The van der Waals surface area contributed by atoms with Crippen LogP contribution in [0.1, 0.15) is 31.9 Å². The first kappa shape index (κ1) is 25.5. The number of amides is 2. The summed E-state index contributed by atoms with van der Waals surface area (Å²) in [6.45, 7) is 4.59. The average molecular weight is 435 g/mol. The lowest BCUT2D eigenvalue weighted by Gasteiger charge is -2.19. The number of anilines is 2. The second-order valence-electron chi connectivity index (χ2n) is 7.46. The molecule has 2 aromatic rings. The zero-order chi connectivity index (χ0) is 23.6. The lowest BCUT2D eigenvalue weighted by atomic mass is 10.2. The summed E-state index contributed by atoms with van der Waals surface area (Å²) in [5.41, 5.74) is 6.40. The van der Waals surface area contributed by atoms with Crippen molar-refractivity contribution in [3.8, 4) is 11.5 Å². The van der Waals surface area contributed by atoms with Gasteiger partial charge in [-0.1, -0.05) is 12.1 Å². The molecule has 0 fully saturated rings. The molecule has 0 aliphatic rings. The van der Waals surface area contributed by atoms with E-state index >= 15 is 0 Å². The van der Waals surface area contributed by atoms with Gasteiger partial charge >= 0.3 is 6.09 Å². The van der Waals surface area contributed by atoms with E-state index in [-0.39, 0.29) is 36.9 Å². The van der Waals surface area contributed by atoms with Gasteiger partial charge in [0.2, 0.25) is 5.91 Å². The molecule has 8 N–H and O–H groups in total. The smallest absolute Gasteiger partial charge is 0.408 e. The van der Waals surface area contributed by atoms with Crippen LogP contribution in [0.2, 0.25) is 0 Å². The number of phenols is 2. The van der Waals surface area contributed by atoms with Crippen LogP contribution in [0.4, 0.5) is 16.2 Å². The van der Waals surface area contributed by atoms with Crippen molar-refractivity contribution in [1.82, 2.24) is 5.32 Å². The number of rotatable bonds is 5. The van der Waals surface area contributed by atoms with Crippen LogP contribution in [0.3, 0.4) is 0 Å². The van der Waals surface area contributed by atoms with Crippen LogP contribution >= 0.6 is 0 Å². The maximum absolute atomic E-state index is 11.7. The predicted octanol–water partition coefficient (Wildman–Crippen LogP) is 1.81. The third kappa shape index (κ3) is 9.70. The molecule has 2 amide bonds. The normalized spacial score (nSPS) is 10.5. The minimum absolute atomic E-state index is 0.0511. The summed E-state index contributed by atoms with van der Waals surface area (Å²) in [4.78, 5) is 23.1. The van der Waals surface area contributed by atoms with Crippen LogP contribution in [0.5, 0.6) is 11.5 Å². The summed E-state index contributed by atoms with van der Waals surface area (Å²) < 4.78 is 4.99. The van der Waals surface area contributed by atoms with E-state index in [2.05, 4.69) is 10.6 Å². The largest absolute Gasteiger partial charge is 0.506 e. The highest BCUT2D eigenvalue weighted by Gasteiger charge is 2.17. The van der Waals surface area contributed by atoms with Gasteiger partial charge in [-0.3, -0.25) is 4.79 Å². The molecule has 10 nitrogen and oxygen atoms in total. The molecule has 2 rings (SSSR count). The summed E-state index contributed by atoms with van der Waals surface area (Å²) in [6, 6.07) is 8.95. The summed E-state index contributed by atoms with van der Waals surface area (Å²) in [5.74, 6) is -0.596. The molecule has 0 spiro atoms. The molecule has 170 valence electrons. The Bertz CT molecular complexity index is 895. The summed E-state index contributed by atoms with van der Waals surface area (Å²) in [5, 5.41) is 40.9. The van der Waals surface area contributed by atoms with Crippen molar-refractivity contribution in [2.45, 2.75) is 39.6 Å². The van der Waals surface area contributed by atoms with Gasteiger partial charge in [-0.2, -0.15) is 0 Å². The molecule has 2 aromatic carbocycles. The lowest BCUT2D eigenvalue weighted by Crippen LogP contribution is -2.37. The van der Waals surface area contributed by atoms with Crippen LogP contribution in [0, 0.1) is 0 Å². The number of carbonyl (C=O) groups excluding carboxylic acids is 2. The van der Waals surface area contributed by atoms with E-state index in [1.807, 2.05) is 0 Å². The average Bonchev–Trinajstić information content (AvgIpc) is 2.69. The second-order valence-corrected chi connectivity index (χ2v) is 7.46. The number of benzene rings is 2. The quantitative estimate of drug-likeness (QED) is 0.275. The minimum Gasteiger partial charge on any atom is -0.506 e. The van der Waals surface area contributed by atoms with Gasteiger partial charge in [0.1, 0.15) is 23.6 Å². The van der Waals surface area contributed by atoms with Gasteiger partial charge in [-0.25, -0.2) is 4.79 Å². The van der Waals surface area contributed by atoms with Gasteiger partial charge < -0.3 is 41.5 Å². The first-order valence-electron chi connectivity index (χ1n) is 9.33. The van der Waals surface area contributed by atoms with Gasteiger partial charge in [-0.15, -0.1) is 0 Å².